The number of aliphatic hydroxyl groups is 2. The van der Waals surface area contributed by atoms with Gasteiger partial charge in [0.05, 0.1) is 18.8 Å². The number of aryl methyl sites for hydroxylation is 1. The van der Waals surface area contributed by atoms with Gasteiger partial charge in [0.1, 0.15) is 17.8 Å². The lowest BCUT2D eigenvalue weighted by Gasteiger charge is -2.32. The molecule has 3 heterocycles. The van der Waals surface area contributed by atoms with Crippen LogP contribution in [0.15, 0.2) is 34.1 Å². The van der Waals surface area contributed by atoms with Crippen LogP contribution in [0.4, 0.5) is 0 Å². The van der Waals surface area contributed by atoms with E-state index in [0.29, 0.717) is 5.69 Å². The van der Waals surface area contributed by atoms with E-state index in [2.05, 4.69) is 18.2 Å². The van der Waals surface area contributed by atoms with Crippen LogP contribution in [-0.4, -0.2) is 73.1 Å². The van der Waals surface area contributed by atoms with Crippen LogP contribution in [0.5, 0.6) is 0 Å². The Labute approximate surface area is 212 Å². The van der Waals surface area contributed by atoms with Crippen LogP contribution in [0.25, 0.3) is 0 Å². The summed E-state index contributed by atoms with van der Waals surface area (Å²) < 4.78 is 54.9. The van der Waals surface area contributed by atoms with Crippen molar-refractivity contribution in [1.29, 1.82) is 0 Å². The molecule has 0 aromatic carbocycles. The normalized spacial score (nSPS) is 29.2. The SMILES string of the molecule is Cn1ccc(Cn2c(=O)ccn(C3(C)OC(C)(COP(=O)(O)OP(=O)(O)OP(=O)(O)O)[C@H](O)[C@@H]3O)c2=O)n1. The lowest BCUT2D eigenvalue weighted by atomic mass is 9.96. The molecule has 1 aliphatic heterocycles. The zero-order chi connectivity index (χ0) is 28.9. The molecular weight excluding hydrogens is 581 g/mol. The quantitative estimate of drug-likeness (QED) is 0.165. The largest absolute Gasteiger partial charge is 0.490 e. The molecule has 1 aliphatic rings. The molecule has 38 heavy (non-hydrogen) atoms. The average Bonchev–Trinajstić information content (AvgIpc) is 3.22. The van der Waals surface area contributed by atoms with Crippen LogP contribution in [0.3, 0.4) is 0 Å². The first kappa shape index (κ1) is 30.7. The average molecular weight is 606 g/mol. The molecule has 1 saturated heterocycles. The highest BCUT2D eigenvalue weighted by Crippen LogP contribution is 2.66. The van der Waals surface area contributed by atoms with Crippen LogP contribution in [0.1, 0.15) is 19.5 Å². The molecule has 4 unspecified atom stereocenters. The van der Waals surface area contributed by atoms with Crippen LogP contribution < -0.4 is 11.2 Å². The Bertz CT molecular complexity index is 1460. The summed E-state index contributed by atoms with van der Waals surface area (Å²) in [6.45, 7) is 0.907. The van der Waals surface area contributed by atoms with Crippen molar-refractivity contribution < 1.29 is 61.4 Å². The fourth-order valence-corrected chi connectivity index (χ4v) is 6.86. The number of nitrogens with zero attached hydrogens (tertiary/aromatic N) is 4. The zero-order valence-corrected chi connectivity index (χ0v) is 22.5. The second-order valence-electron chi connectivity index (χ2n) is 8.60. The van der Waals surface area contributed by atoms with E-state index in [1.54, 1.807) is 19.3 Å². The summed E-state index contributed by atoms with van der Waals surface area (Å²) in [5.74, 6) is 0. The van der Waals surface area contributed by atoms with Crippen LogP contribution >= 0.6 is 23.5 Å². The van der Waals surface area contributed by atoms with Crippen molar-refractivity contribution in [1.82, 2.24) is 18.9 Å². The fourth-order valence-electron chi connectivity index (χ4n) is 3.75. The maximum Gasteiger partial charge on any atom is 0.490 e. The minimum absolute atomic E-state index is 0.239. The van der Waals surface area contributed by atoms with Gasteiger partial charge in [0.15, 0.2) is 5.72 Å². The Kier molecular flexibility index (Phi) is 8.32. The number of rotatable bonds is 10. The van der Waals surface area contributed by atoms with E-state index in [1.807, 2.05) is 0 Å². The predicted octanol–water partition coefficient (Wildman–Crippen LogP) is -1.68. The summed E-state index contributed by atoms with van der Waals surface area (Å²) >= 11 is 0. The Morgan fingerprint density at radius 1 is 1.00 bits per heavy atom. The van der Waals surface area contributed by atoms with Gasteiger partial charge in [-0.3, -0.25) is 23.1 Å². The topological polar surface area (TPSA) is 271 Å². The van der Waals surface area contributed by atoms with E-state index < -0.39 is 64.9 Å². The van der Waals surface area contributed by atoms with Gasteiger partial charge in [-0.2, -0.15) is 13.7 Å². The first-order valence-electron chi connectivity index (χ1n) is 10.3. The molecular formula is C16H25N4O15P3. The van der Waals surface area contributed by atoms with Crippen molar-refractivity contribution in [2.45, 2.75) is 43.9 Å². The summed E-state index contributed by atoms with van der Waals surface area (Å²) in [4.78, 5) is 61.7. The molecule has 0 amide bonds. The molecule has 0 saturated carbocycles. The van der Waals surface area contributed by atoms with Crippen LogP contribution in [0.2, 0.25) is 0 Å². The van der Waals surface area contributed by atoms with E-state index in [1.165, 1.54) is 11.6 Å². The first-order chi connectivity index (χ1) is 17.2. The van der Waals surface area contributed by atoms with Gasteiger partial charge in [-0.1, -0.05) is 0 Å². The monoisotopic (exact) mass is 606 g/mol. The number of hydrogen-bond donors (Lipinski definition) is 6. The van der Waals surface area contributed by atoms with Crippen molar-refractivity contribution in [3.05, 3.63) is 51.1 Å². The second kappa shape index (κ2) is 10.3. The van der Waals surface area contributed by atoms with Gasteiger partial charge >= 0.3 is 29.2 Å². The van der Waals surface area contributed by atoms with Crippen molar-refractivity contribution in [2.24, 2.45) is 7.05 Å². The molecule has 6 N–H and O–H groups in total. The zero-order valence-electron chi connectivity index (χ0n) is 19.9. The van der Waals surface area contributed by atoms with Crippen LogP contribution in [0, 0.1) is 0 Å². The molecule has 214 valence electrons. The third-order valence-electron chi connectivity index (χ3n) is 5.48. The van der Waals surface area contributed by atoms with Gasteiger partial charge in [-0.25, -0.2) is 18.5 Å². The molecule has 0 radical (unpaired) electrons. The standard InChI is InChI=1S/C16H25N4O15P3/c1-15(9-32-37(28,29)35-38(30,31)34-36(25,26)27)12(22)13(23)16(2,33-15)20-7-5-11(21)19(14(20)24)8-10-4-6-18(3)17-10/h4-7,12-13,22-23H,8-9H2,1-3H3,(H,28,29)(H,30,31)(H2,25,26,27)/t12-,13+,15?,16?/m1/s1. The summed E-state index contributed by atoms with van der Waals surface area (Å²) in [7, 11) is -15.4. The predicted molar refractivity (Wildman–Crippen MR) is 122 cm³/mol. The van der Waals surface area contributed by atoms with Crippen molar-refractivity contribution in [3.8, 4) is 0 Å². The second-order valence-corrected chi connectivity index (χ2v) is 13.0. The lowest BCUT2D eigenvalue weighted by molar-refractivity contribution is -0.173. The van der Waals surface area contributed by atoms with E-state index in [9.17, 15) is 43.3 Å². The maximum atomic E-state index is 13.2. The summed E-state index contributed by atoms with van der Waals surface area (Å²) in [5, 5.41) is 25.5. The Balaban J connectivity index is 1.86. The van der Waals surface area contributed by atoms with Gasteiger partial charge in [0, 0.05) is 25.5 Å². The smallest absolute Gasteiger partial charge is 0.387 e. The van der Waals surface area contributed by atoms with E-state index >= 15 is 0 Å². The Morgan fingerprint density at radius 3 is 2.18 bits per heavy atom. The number of ether oxygens (including phenoxy) is 1. The molecule has 3 rings (SSSR count). The molecule has 19 nitrogen and oxygen atoms in total. The molecule has 0 bridgehead atoms. The number of phosphoric ester groups is 1. The summed E-state index contributed by atoms with van der Waals surface area (Å²) in [5.41, 5.74) is -5.47. The highest BCUT2D eigenvalue weighted by atomic mass is 31.3. The molecule has 0 aliphatic carbocycles. The van der Waals surface area contributed by atoms with Gasteiger partial charge < -0.3 is 34.5 Å². The van der Waals surface area contributed by atoms with E-state index in [-0.39, 0.29) is 6.54 Å². The molecule has 2 aromatic heterocycles. The Morgan fingerprint density at radius 2 is 1.63 bits per heavy atom. The van der Waals surface area contributed by atoms with Gasteiger partial charge in [0.2, 0.25) is 0 Å². The molecule has 0 spiro atoms. The molecule has 6 atom stereocenters. The number of aromatic nitrogens is 4. The third-order valence-corrected chi connectivity index (χ3v) is 9.26. The summed E-state index contributed by atoms with van der Waals surface area (Å²) in [6, 6.07) is 2.56. The maximum absolute atomic E-state index is 13.2. The van der Waals surface area contributed by atoms with Gasteiger partial charge in [-0.15, -0.1) is 0 Å². The van der Waals surface area contributed by atoms with Gasteiger partial charge in [-0.05, 0) is 19.9 Å². The number of phosphoric acid groups is 3. The van der Waals surface area contributed by atoms with Crippen molar-refractivity contribution in [3.63, 3.8) is 0 Å². The van der Waals surface area contributed by atoms with Crippen molar-refractivity contribution >= 4 is 23.5 Å². The molecule has 1 fully saturated rings. The number of hydrogen-bond acceptors (Lipinski definition) is 12. The molecule has 22 heteroatoms. The Hall–Kier alpha value is -1.82. The summed E-state index contributed by atoms with van der Waals surface area (Å²) in [6.07, 6.45) is -1.21. The van der Waals surface area contributed by atoms with Crippen molar-refractivity contribution in [2.75, 3.05) is 6.61 Å². The van der Waals surface area contributed by atoms with E-state index in [4.69, 9.17) is 14.5 Å². The van der Waals surface area contributed by atoms with Crippen LogP contribution in [-0.2, 0) is 50.9 Å². The van der Waals surface area contributed by atoms with E-state index in [0.717, 1.165) is 28.3 Å². The fraction of sp³-hybridized carbons (Fsp3) is 0.562. The van der Waals surface area contributed by atoms with Gasteiger partial charge in [0.25, 0.3) is 5.56 Å². The minimum atomic E-state index is -5.80. The lowest BCUT2D eigenvalue weighted by Crippen LogP contribution is -2.52. The highest BCUT2D eigenvalue weighted by Gasteiger charge is 2.60. The molecule has 2 aromatic rings. The highest BCUT2D eigenvalue weighted by molar-refractivity contribution is 7.66. The number of aliphatic hydroxyl groups excluding tert-OH is 2. The first-order valence-corrected chi connectivity index (χ1v) is 14.9. The third kappa shape index (κ3) is 6.66. The minimum Gasteiger partial charge on any atom is -0.387 e.